The van der Waals surface area contributed by atoms with E-state index < -0.39 is 0 Å². The Balaban J connectivity index is 0.00000259. The molecule has 0 aliphatic carbocycles. The molecule has 0 spiro atoms. The van der Waals surface area contributed by atoms with E-state index in [1.807, 2.05) is 37.5 Å². The van der Waals surface area contributed by atoms with Crippen molar-refractivity contribution >= 4 is 23.7 Å². The van der Waals surface area contributed by atoms with Gasteiger partial charge >= 0.3 is 0 Å². The fraction of sp³-hybridized carbons (Fsp3) is 0.259. The summed E-state index contributed by atoms with van der Waals surface area (Å²) >= 11 is 0. The number of piperidine rings is 1. The average Bonchev–Trinajstić information content (AvgIpc) is 3.24. The number of aryl methyl sites for hydroxylation is 1. The predicted octanol–water partition coefficient (Wildman–Crippen LogP) is 5.46. The predicted molar refractivity (Wildman–Crippen MR) is 137 cm³/mol. The Morgan fingerprint density at radius 3 is 2.48 bits per heavy atom. The number of likely N-dealkylation sites (N-methyl/N-ethyl adjacent to an activating group) is 1. The highest BCUT2D eigenvalue weighted by atomic mass is 35.5. The van der Waals surface area contributed by atoms with Crippen molar-refractivity contribution in [3.8, 4) is 28.5 Å². The average molecular weight is 458 g/mol. The molecule has 5 rings (SSSR count). The van der Waals surface area contributed by atoms with Gasteiger partial charge in [0.2, 0.25) is 0 Å². The number of rotatable bonds is 4. The first-order valence-electron chi connectivity index (χ1n) is 11.2. The number of nitrogens with zero attached hydrogens (tertiary/aromatic N) is 4. The summed E-state index contributed by atoms with van der Waals surface area (Å²) in [5, 5.41) is 12.7. The van der Waals surface area contributed by atoms with Crippen LogP contribution in [0.5, 0.6) is 0 Å². The number of nitrogens with one attached hydrogen (secondary N) is 1. The van der Waals surface area contributed by atoms with Crippen molar-refractivity contribution in [3.63, 3.8) is 0 Å². The van der Waals surface area contributed by atoms with Gasteiger partial charge in [0.25, 0.3) is 0 Å². The first kappa shape index (κ1) is 22.8. The third-order valence-electron chi connectivity index (χ3n) is 6.46. The molecular formula is C27H28ClN5. The van der Waals surface area contributed by atoms with Crippen LogP contribution >= 0.6 is 12.4 Å². The molecule has 0 saturated carbocycles. The molecule has 1 saturated heterocycles. The highest BCUT2D eigenvalue weighted by Gasteiger charge is 2.23. The third-order valence-corrected chi connectivity index (χ3v) is 6.46. The minimum absolute atomic E-state index is 0. The van der Waals surface area contributed by atoms with Crippen molar-refractivity contribution in [1.29, 1.82) is 5.26 Å². The number of hydrogen-bond donors (Lipinski definition) is 1. The van der Waals surface area contributed by atoms with E-state index in [0.29, 0.717) is 11.6 Å². The van der Waals surface area contributed by atoms with E-state index in [2.05, 4.69) is 64.1 Å². The van der Waals surface area contributed by atoms with Gasteiger partial charge in [0.1, 0.15) is 0 Å². The number of nitriles is 1. The summed E-state index contributed by atoms with van der Waals surface area (Å²) in [6, 6.07) is 21.5. The van der Waals surface area contributed by atoms with Crippen molar-refractivity contribution < 1.29 is 0 Å². The molecule has 1 N–H and O–H groups in total. The molecule has 1 aliphatic heterocycles. The molecule has 33 heavy (non-hydrogen) atoms. The van der Waals surface area contributed by atoms with Crippen molar-refractivity contribution in [3.05, 3.63) is 78.1 Å². The van der Waals surface area contributed by atoms with E-state index in [1.165, 1.54) is 17.5 Å². The van der Waals surface area contributed by atoms with Crippen LogP contribution in [0.3, 0.4) is 0 Å². The molecule has 0 unspecified atom stereocenters. The van der Waals surface area contributed by atoms with Gasteiger partial charge in [0, 0.05) is 37.1 Å². The van der Waals surface area contributed by atoms with E-state index in [0.717, 1.165) is 47.7 Å². The fourth-order valence-electron chi connectivity index (χ4n) is 4.69. The highest BCUT2D eigenvalue weighted by molar-refractivity contribution is 5.90. The van der Waals surface area contributed by atoms with Crippen LogP contribution in [0, 0.1) is 18.3 Å². The summed E-state index contributed by atoms with van der Waals surface area (Å²) in [4.78, 5) is 7.22. The molecule has 6 heteroatoms. The molecule has 2 aromatic carbocycles. The molecular weight excluding hydrogens is 430 g/mol. The monoisotopic (exact) mass is 457 g/mol. The van der Waals surface area contributed by atoms with E-state index in [4.69, 9.17) is 4.98 Å². The maximum atomic E-state index is 9.22. The zero-order valence-electron chi connectivity index (χ0n) is 19.0. The van der Waals surface area contributed by atoms with E-state index in [-0.39, 0.29) is 12.4 Å². The van der Waals surface area contributed by atoms with E-state index >= 15 is 0 Å². The lowest BCUT2D eigenvalue weighted by Gasteiger charge is -2.33. The molecule has 1 fully saturated rings. The fourth-order valence-corrected chi connectivity index (χ4v) is 4.69. The Bertz CT molecular complexity index is 1290. The SMILES string of the molecule is CN[C@@H]1CCCN(c2nccn3c(-c4ccc(C)cc4)c(-c4ccc(C#N)cc4)cc23)C1.Cl. The van der Waals surface area contributed by atoms with Gasteiger partial charge in [-0.2, -0.15) is 5.26 Å². The molecule has 0 amide bonds. The van der Waals surface area contributed by atoms with Gasteiger partial charge < -0.3 is 14.6 Å². The molecule has 5 nitrogen and oxygen atoms in total. The van der Waals surface area contributed by atoms with Gasteiger partial charge in [-0.15, -0.1) is 12.4 Å². The van der Waals surface area contributed by atoms with Crippen LogP contribution in [-0.4, -0.2) is 35.6 Å². The smallest absolute Gasteiger partial charge is 0.153 e. The Hall–Kier alpha value is -3.33. The number of fused-ring (bicyclic) bond motifs is 1. The zero-order valence-corrected chi connectivity index (χ0v) is 19.8. The van der Waals surface area contributed by atoms with Gasteiger partial charge in [-0.3, -0.25) is 0 Å². The molecule has 1 aliphatic rings. The summed E-state index contributed by atoms with van der Waals surface area (Å²) in [5.74, 6) is 1.03. The summed E-state index contributed by atoms with van der Waals surface area (Å²) in [6.07, 6.45) is 6.32. The Labute approximate surface area is 201 Å². The first-order chi connectivity index (χ1) is 15.7. The van der Waals surface area contributed by atoms with Crippen molar-refractivity contribution in [2.75, 3.05) is 25.0 Å². The van der Waals surface area contributed by atoms with Crippen LogP contribution in [0.2, 0.25) is 0 Å². The van der Waals surface area contributed by atoms with Crippen LogP contribution in [0.1, 0.15) is 24.0 Å². The zero-order chi connectivity index (χ0) is 22.1. The number of halogens is 1. The molecule has 0 bridgehead atoms. The molecule has 2 aromatic heterocycles. The molecule has 0 radical (unpaired) electrons. The second-order valence-electron chi connectivity index (χ2n) is 8.54. The van der Waals surface area contributed by atoms with Crippen molar-refractivity contribution in [2.24, 2.45) is 0 Å². The molecule has 3 heterocycles. The van der Waals surface area contributed by atoms with Crippen LogP contribution < -0.4 is 10.2 Å². The van der Waals surface area contributed by atoms with Crippen molar-refractivity contribution in [1.82, 2.24) is 14.7 Å². The Morgan fingerprint density at radius 2 is 1.79 bits per heavy atom. The lowest BCUT2D eigenvalue weighted by molar-refractivity contribution is 0.448. The number of hydrogen-bond acceptors (Lipinski definition) is 4. The number of anilines is 1. The standard InChI is InChI=1S/C27H27N5.ClH/c1-19-5-9-22(10-6-19)26-24(21-11-7-20(17-28)8-12-21)16-25-27(30-13-15-32(25)26)31-14-3-4-23(18-31)29-2;/h5-13,15-16,23,29H,3-4,14,18H2,1-2H3;1H/t23-;/m1./s1. The lowest BCUT2D eigenvalue weighted by atomic mass is 10.00. The maximum absolute atomic E-state index is 9.22. The molecule has 4 aromatic rings. The van der Waals surface area contributed by atoms with Crippen LogP contribution in [0.4, 0.5) is 5.82 Å². The van der Waals surface area contributed by atoms with Gasteiger partial charge in [-0.1, -0.05) is 42.0 Å². The third kappa shape index (κ3) is 4.32. The Kier molecular flexibility index (Phi) is 6.69. The molecule has 1 atom stereocenters. The topological polar surface area (TPSA) is 56.4 Å². The summed E-state index contributed by atoms with van der Waals surface area (Å²) in [6.45, 7) is 4.08. The normalized spacial score (nSPS) is 15.8. The first-order valence-corrected chi connectivity index (χ1v) is 11.2. The summed E-state index contributed by atoms with van der Waals surface area (Å²) in [7, 11) is 2.04. The number of benzene rings is 2. The highest BCUT2D eigenvalue weighted by Crippen LogP contribution is 2.38. The summed E-state index contributed by atoms with van der Waals surface area (Å²) < 4.78 is 2.27. The van der Waals surface area contributed by atoms with Gasteiger partial charge in [0.05, 0.1) is 22.8 Å². The molecule has 168 valence electrons. The van der Waals surface area contributed by atoms with Crippen LogP contribution in [0.25, 0.3) is 27.9 Å². The van der Waals surface area contributed by atoms with Crippen LogP contribution in [-0.2, 0) is 0 Å². The lowest BCUT2D eigenvalue weighted by Crippen LogP contribution is -2.44. The van der Waals surface area contributed by atoms with Gasteiger partial charge in [0.15, 0.2) is 5.82 Å². The van der Waals surface area contributed by atoms with Crippen LogP contribution in [0.15, 0.2) is 67.0 Å². The van der Waals surface area contributed by atoms with Gasteiger partial charge in [-0.25, -0.2) is 4.98 Å². The largest absolute Gasteiger partial charge is 0.353 e. The van der Waals surface area contributed by atoms with Gasteiger partial charge in [-0.05, 0) is 56.1 Å². The minimum atomic E-state index is 0. The van der Waals surface area contributed by atoms with E-state index in [9.17, 15) is 5.26 Å². The number of aromatic nitrogens is 2. The second-order valence-corrected chi connectivity index (χ2v) is 8.54. The maximum Gasteiger partial charge on any atom is 0.153 e. The van der Waals surface area contributed by atoms with E-state index in [1.54, 1.807) is 0 Å². The summed E-state index contributed by atoms with van der Waals surface area (Å²) in [5.41, 5.74) is 7.58. The quantitative estimate of drug-likeness (QED) is 0.442. The second kappa shape index (κ2) is 9.66. The van der Waals surface area contributed by atoms with Crippen molar-refractivity contribution in [2.45, 2.75) is 25.8 Å². The Morgan fingerprint density at radius 1 is 1.06 bits per heavy atom. The minimum Gasteiger partial charge on any atom is -0.353 e.